The van der Waals surface area contributed by atoms with E-state index in [2.05, 4.69) is 10.3 Å². The number of hydrogen-bond donors (Lipinski definition) is 1. The van der Waals surface area contributed by atoms with Crippen molar-refractivity contribution in [2.45, 2.75) is 24.8 Å². The number of alkyl carbamates (subject to hydrolysis) is 1. The van der Waals surface area contributed by atoms with E-state index in [1.54, 1.807) is 6.07 Å². The van der Waals surface area contributed by atoms with Crippen LogP contribution < -0.4 is 5.32 Å². The SMILES string of the molecule is CNC(=O)OCc1cn(S(=O)(=O)c2cccnc2)c2cc(Cc3ccc(C)cc3Cl)ccc12. The van der Waals surface area contributed by atoms with E-state index in [1.165, 1.54) is 35.7 Å². The molecule has 4 rings (SSSR count). The first-order valence-corrected chi connectivity index (χ1v) is 12.0. The van der Waals surface area contributed by atoms with Gasteiger partial charge in [0.05, 0.1) is 5.52 Å². The molecule has 0 aliphatic carbocycles. The van der Waals surface area contributed by atoms with E-state index in [0.717, 1.165) is 16.7 Å². The second-order valence-corrected chi connectivity index (χ2v) is 9.82. The zero-order valence-corrected chi connectivity index (χ0v) is 19.7. The van der Waals surface area contributed by atoms with Crippen molar-refractivity contribution in [1.82, 2.24) is 14.3 Å². The largest absolute Gasteiger partial charge is 0.445 e. The minimum Gasteiger partial charge on any atom is -0.445 e. The first kappa shape index (κ1) is 22.8. The van der Waals surface area contributed by atoms with Gasteiger partial charge in [0.25, 0.3) is 10.0 Å². The molecule has 0 radical (unpaired) electrons. The normalized spacial score (nSPS) is 11.5. The number of nitrogens with zero attached hydrogens (tertiary/aromatic N) is 2. The number of pyridine rings is 1. The molecule has 0 spiro atoms. The van der Waals surface area contributed by atoms with Crippen LogP contribution in [-0.2, 0) is 27.8 Å². The smallest absolute Gasteiger partial charge is 0.407 e. The Balaban J connectivity index is 1.82. The van der Waals surface area contributed by atoms with E-state index in [0.29, 0.717) is 27.9 Å². The summed E-state index contributed by atoms with van der Waals surface area (Å²) in [6.07, 6.45) is 4.24. The molecule has 170 valence electrons. The molecule has 0 saturated carbocycles. The first-order chi connectivity index (χ1) is 15.8. The van der Waals surface area contributed by atoms with Crippen LogP contribution in [-0.4, -0.2) is 30.5 Å². The third-order valence-electron chi connectivity index (χ3n) is 5.28. The molecule has 7 nitrogen and oxygen atoms in total. The van der Waals surface area contributed by atoms with Crippen molar-refractivity contribution in [1.29, 1.82) is 0 Å². The van der Waals surface area contributed by atoms with Gasteiger partial charge >= 0.3 is 6.09 Å². The zero-order valence-electron chi connectivity index (χ0n) is 18.1. The summed E-state index contributed by atoms with van der Waals surface area (Å²) in [7, 11) is -2.46. The van der Waals surface area contributed by atoms with Crippen LogP contribution in [0.5, 0.6) is 0 Å². The highest BCUT2D eigenvalue weighted by Gasteiger charge is 2.22. The maximum absolute atomic E-state index is 13.4. The van der Waals surface area contributed by atoms with Crippen LogP contribution >= 0.6 is 11.6 Å². The van der Waals surface area contributed by atoms with Gasteiger partial charge in [-0.25, -0.2) is 17.2 Å². The molecular formula is C24H22ClN3O4S. The van der Waals surface area contributed by atoms with Gasteiger partial charge < -0.3 is 10.1 Å². The number of aryl methyl sites for hydroxylation is 1. The Kier molecular flexibility index (Phi) is 6.40. The summed E-state index contributed by atoms with van der Waals surface area (Å²) in [4.78, 5) is 15.6. The average Bonchev–Trinajstić information content (AvgIpc) is 3.18. The summed E-state index contributed by atoms with van der Waals surface area (Å²) in [5.41, 5.74) is 3.96. The Bertz CT molecular complexity index is 1430. The summed E-state index contributed by atoms with van der Waals surface area (Å²) in [5.74, 6) is 0. The molecule has 33 heavy (non-hydrogen) atoms. The van der Waals surface area contributed by atoms with Gasteiger partial charge in [-0.15, -0.1) is 0 Å². The molecule has 1 N–H and O–H groups in total. The molecule has 4 aromatic rings. The fourth-order valence-electron chi connectivity index (χ4n) is 3.58. The summed E-state index contributed by atoms with van der Waals surface area (Å²) < 4.78 is 33.2. The summed E-state index contributed by atoms with van der Waals surface area (Å²) in [6, 6.07) is 14.5. The van der Waals surface area contributed by atoms with Crippen LogP contribution in [0.2, 0.25) is 5.02 Å². The predicted octanol–water partition coefficient (Wildman–Crippen LogP) is 4.68. The zero-order chi connectivity index (χ0) is 23.6. The highest BCUT2D eigenvalue weighted by molar-refractivity contribution is 7.90. The van der Waals surface area contributed by atoms with Crippen LogP contribution in [0.15, 0.2) is 72.0 Å². The molecule has 1 amide bonds. The van der Waals surface area contributed by atoms with Crippen molar-refractivity contribution < 1.29 is 17.9 Å². The molecule has 0 aliphatic heterocycles. The molecule has 0 unspecified atom stereocenters. The minimum absolute atomic E-state index is 0.0626. The number of halogens is 1. The fraction of sp³-hybridized carbons (Fsp3) is 0.167. The Morgan fingerprint density at radius 3 is 2.67 bits per heavy atom. The third kappa shape index (κ3) is 4.72. The van der Waals surface area contributed by atoms with Crippen molar-refractivity contribution in [3.63, 3.8) is 0 Å². The van der Waals surface area contributed by atoms with Crippen molar-refractivity contribution in [3.8, 4) is 0 Å². The molecule has 2 heterocycles. The molecule has 0 atom stereocenters. The maximum atomic E-state index is 13.4. The highest BCUT2D eigenvalue weighted by Crippen LogP contribution is 2.29. The van der Waals surface area contributed by atoms with Gasteiger partial charge in [0.1, 0.15) is 11.5 Å². The monoisotopic (exact) mass is 483 g/mol. The topological polar surface area (TPSA) is 90.3 Å². The fourth-order valence-corrected chi connectivity index (χ4v) is 5.23. The van der Waals surface area contributed by atoms with Crippen LogP contribution in [0, 0.1) is 6.92 Å². The molecule has 2 aromatic heterocycles. The third-order valence-corrected chi connectivity index (χ3v) is 7.28. The number of benzene rings is 2. The number of carbonyl (C=O) groups excluding carboxylic acids is 1. The van der Waals surface area contributed by atoms with Crippen molar-refractivity contribution in [3.05, 3.63) is 94.4 Å². The molecule has 9 heteroatoms. The number of rotatable bonds is 6. The number of ether oxygens (including phenoxy) is 1. The lowest BCUT2D eigenvalue weighted by atomic mass is 10.0. The number of fused-ring (bicyclic) bond motifs is 1. The van der Waals surface area contributed by atoms with Crippen molar-refractivity contribution in [2.75, 3.05) is 7.05 Å². The van der Waals surface area contributed by atoms with E-state index in [1.807, 2.05) is 43.3 Å². The Labute approximate surface area is 197 Å². The molecule has 0 fully saturated rings. The lowest BCUT2D eigenvalue weighted by Gasteiger charge is -2.09. The quantitative estimate of drug-likeness (QED) is 0.430. The lowest BCUT2D eigenvalue weighted by molar-refractivity contribution is 0.142. The second-order valence-electron chi connectivity index (χ2n) is 7.59. The Hall–Kier alpha value is -3.36. The summed E-state index contributed by atoms with van der Waals surface area (Å²) in [6.45, 7) is 1.90. The lowest BCUT2D eigenvalue weighted by Crippen LogP contribution is -2.18. The minimum atomic E-state index is -3.92. The molecule has 0 saturated heterocycles. The van der Waals surface area contributed by atoms with E-state index in [9.17, 15) is 13.2 Å². The van der Waals surface area contributed by atoms with E-state index < -0.39 is 16.1 Å². The number of aromatic nitrogens is 2. The van der Waals surface area contributed by atoms with Crippen LogP contribution in [0.3, 0.4) is 0 Å². The Morgan fingerprint density at radius 1 is 1.15 bits per heavy atom. The molecular weight excluding hydrogens is 462 g/mol. The molecule has 2 aromatic carbocycles. The number of amides is 1. The maximum Gasteiger partial charge on any atom is 0.407 e. The van der Waals surface area contributed by atoms with Crippen LogP contribution in [0.4, 0.5) is 4.79 Å². The van der Waals surface area contributed by atoms with Crippen molar-refractivity contribution in [2.24, 2.45) is 0 Å². The van der Waals surface area contributed by atoms with Gasteiger partial charge in [0, 0.05) is 41.6 Å². The van der Waals surface area contributed by atoms with Gasteiger partial charge in [-0.1, -0.05) is 35.9 Å². The van der Waals surface area contributed by atoms with E-state index in [-0.39, 0.29) is 11.5 Å². The standard InChI is InChI=1S/C24H22ClN3O4S/c1-16-5-7-18(22(25)10-16)11-17-6-8-21-19(15-32-24(29)26-2)14-28(23(21)12-17)33(30,31)20-4-3-9-27-13-20/h3-10,12-14H,11,15H2,1-2H3,(H,26,29). The van der Waals surface area contributed by atoms with Gasteiger partial charge in [-0.3, -0.25) is 4.98 Å². The predicted molar refractivity (Wildman–Crippen MR) is 127 cm³/mol. The van der Waals surface area contributed by atoms with Gasteiger partial charge in [0.15, 0.2) is 0 Å². The summed E-state index contributed by atoms with van der Waals surface area (Å²) in [5, 5.41) is 3.72. The van der Waals surface area contributed by atoms with Crippen molar-refractivity contribution >= 4 is 38.6 Å². The molecule has 0 bridgehead atoms. The number of carbonyl (C=O) groups is 1. The Morgan fingerprint density at radius 2 is 1.97 bits per heavy atom. The molecule has 0 aliphatic rings. The van der Waals surface area contributed by atoms with Crippen LogP contribution in [0.25, 0.3) is 10.9 Å². The highest BCUT2D eigenvalue weighted by atomic mass is 35.5. The number of nitrogens with one attached hydrogen (secondary N) is 1. The second kappa shape index (κ2) is 9.25. The van der Waals surface area contributed by atoms with Gasteiger partial charge in [-0.05, 0) is 54.3 Å². The van der Waals surface area contributed by atoms with Crippen LogP contribution in [0.1, 0.15) is 22.3 Å². The van der Waals surface area contributed by atoms with Gasteiger partial charge in [0.2, 0.25) is 0 Å². The van der Waals surface area contributed by atoms with E-state index in [4.69, 9.17) is 16.3 Å². The number of hydrogen-bond acceptors (Lipinski definition) is 5. The summed E-state index contributed by atoms with van der Waals surface area (Å²) >= 11 is 6.41. The average molecular weight is 484 g/mol. The van der Waals surface area contributed by atoms with E-state index >= 15 is 0 Å². The van der Waals surface area contributed by atoms with Gasteiger partial charge in [-0.2, -0.15) is 0 Å². The first-order valence-electron chi connectivity index (χ1n) is 10.2.